The van der Waals surface area contributed by atoms with Crippen molar-refractivity contribution in [3.63, 3.8) is 0 Å². The lowest BCUT2D eigenvalue weighted by atomic mass is 9.99. The Morgan fingerprint density at radius 1 is 1.24 bits per heavy atom. The summed E-state index contributed by atoms with van der Waals surface area (Å²) in [6.45, 7) is 0.957. The maximum atomic E-state index is 12.8. The number of carbonyl (C=O) groups excluding carboxylic acids is 2. The van der Waals surface area contributed by atoms with E-state index in [2.05, 4.69) is 0 Å². The first kappa shape index (κ1) is 15.5. The van der Waals surface area contributed by atoms with Crippen molar-refractivity contribution in [1.29, 1.82) is 0 Å². The fourth-order valence-electron chi connectivity index (χ4n) is 2.72. The third kappa shape index (κ3) is 3.42. The summed E-state index contributed by atoms with van der Waals surface area (Å²) < 4.78 is 9.97. The third-order valence-electron chi connectivity index (χ3n) is 3.78. The molecule has 1 aromatic rings. The first-order valence-corrected chi connectivity index (χ1v) is 7.14. The second-order valence-corrected chi connectivity index (χ2v) is 5.12. The number of hydrogen-bond acceptors (Lipinski definition) is 4. The van der Waals surface area contributed by atoms with Gasteiger partial charge in [-0.05, 0) is 30.9 Å². The standard InChI is InChI=1S/C16H21NO4/c1-20-11-12-7-3-4-8-13(12)15(18)17-10-6-5-9-14(17)16(19)21-2/h3-4,7-8,14H,5-6,9-11H2,1-2H3. The zero-order valence-corrected chi connectivity index (χ0v) is 12.5. The van der Waals surface area contributed by atoms with E-state index in [1.54, 1.807) is 18.1 Å². The van der Waals surface area contributed by atoms with Crippen LogP contribution in [-0.4, -0.2) is 43.6 Å². The smallest absolute Gasteiger partial charge is 0.328 e. The van der Waals surface area contributed by atoms with Crippen LogP contribution in [0.1, 0.15) is 35.2 Å². The van der Waals surface area contributed by atoms with E-state index in [0.717, 1.165) is 18.4 Å². The van der Waals surface area contributed by atoms with Crippen molar-refractivity contribution >= 4 is 11.9 Å². The molecule has 114 valence electrons. The largest absolute Gasteiger partial charge is 0.467 e. The van der Waals surface area contributed by atoms with Crippen LogP contribution in [-0.2, 0) is 20.9 Å². The minimum atomic E-state index is -0.480. The van der Waals surface area contributed by atoms with Gasteiger partial charge in [0.05, 0.1) is 13.7 Å². The molecule has 0 N–H and O–H groups in total. The molecule has 1 unspecified atom stereocenters. The van der Waals surface area contributed by atoms with Crippen LogP contribution in [0, 0.1) is 0 Å². The molecular formula is C16H21NO4. The van der Waals surface area contributed by atoms with Gasteiger partial charge in [-0.1, -0.05) is 18.2 Å². The minimum Gasteiger partial charge on any atom is -0.467 e. The van der Waals surface area contributed by atoms with Gasteiger partial charge in [0.25, 0.3) is 5.91 Å². The maximum Gasteiger partial charge on any atom is 0.328 e. The van der Waals surface area contributed by atoms with Gasteiger partial charge in [-0.3, -0.25) is 4.79 Å². The highest BCUT2D eigenvalue weighted by Gasteiger charge is 2.33. The minimum absolute atomic E-state index is 0.127. The van der Waals surface area contributed by atoms with Crippen molar-refractivity contribution < 1.29 is 19.1 Å². The highest BCUT2D eigenvalue weighted by atomic mass is 16.5. The molecular weight excluding hydrogens is 270 g/mol. The molecule has 0 aromatic heterocycles. The quantitative estimate of drug-likeness (QED) is 0.796. The predicted octanol–water partition coefficient (Wildman–Crippen LogP) is 2.00. The van der Waals surface area contributed by atoms with Gasteiger partial charge in [0, 0.05) is 19.2 Å². The summed E-state index contributed by atoms with van der Waals surface area (Å²) in [5, 5.41) is 0. The monoisotopic (exact) mass is 291 g/mol. The topological polar surface area (TPSA) is 55.8 Å². The summed E-state index contributed by atoms with van der Waals surface area (Å²) in [6.07, 6.45) is 2.50. The SMILES string of the molecule is COCc1ccccc1C(=O)N1CCCCC1C(=O)OC. The van der Waals surface area contributed by atoms with Crippen molar-refractivity contribution in [1.82, 2.24) is 4.90 Å². The molecule has 1 saturated heterocycles. The van der Waals surface area contributed by atoms with Crippen LogP contribution in [0.5, 0.6) is 0 Å². The number of rotatable bonds is 4. The predicted molar refractivity (Wildman–Crippen MR) is 77.8 cm³/mol. The molecule has 0 aliphatic carbocycles. The number of methoxy groups -OCH3 is 2. The lowest BCUT2D eigenvalue weighted by Crippen LogP contribution is -2.48. The van der Waals surface area contributed by atoms with Gasteiger partial charge in [-0.2, -0.15) is 0 Å². The van der Waals surface area contributed by atoms with Gasteiger partial charge in [-0.25, -0.2) is 4.79 Å². The molecule has 1 aromatic carbocycles. The third-order valence-corrected chi connectivity index (χ3v) is 3.78. The van der Waals surface area contributed by atoms with E-state index >= 15 is 0 Å². The van der Waals surface area contributed by atoms with Gasteiger partial charge in [-0.15, -0.1) is 0 Å². The highest BCUT2D eigenvalue weighted by molar-refractivity contribution is 5.98. The number of esters is 1. The Kier molecular flexibility index (Phi) is 5.33. The van der Waals surface area contributed by atoms with E-state index in [9.17, 15) is 9.59 Å². The maximum absolute atomic E-state index is 12.8. The summed E-state index contributed by atoms with van der Waals surface area (Å²) in [4.78, 5) is 26.3. The molecule has 1 aliphatic heterocycles. The average molecular weight is 291 g/mol. The van der Waals surface area contributed by atoms with E-state index in [4.69, 9.17) is 9.47 Å². The zero-order chi connectivity index (χ0) is 15.2. The van der Waals surface area contributed by atoms with Gasteiger partial charge >= 0.3 is 5.97 Å². The Morgan fingerprint density at radius 2 is 2.00 bits per heavy atom. The van der Waals surface area contributed by atoms with E-state index in [-0.39, 0.29) is 11.9 Å². The second-order valence-electron chi connectivity index (χ2n) is 5.12. The van der Waals surface area contributed by atoms with Crippen LogP contribution in [0.15, 0.2) is 24.3 Å². The van der Waals surface area contributed by atoms with Crippen LogP contribution in [0.25, 0.3) is 0 Å². The molecule has 0 spiro atoms. The molecule has 1 fully saturated rings. The van der Waals surface area contributed by atoms with Gasteiger partial charge in [0.2, 0.25) is 0 Å². The number of likely N-dealkylation sites (tertiary alicyclic amines) is 1. The van der Waals surface area contributed by atoms with Crippen molar-refractivity contribution in [3.05, 3.63) is 35.4 Å². The molecule has 1 heterocycles. The van der Waals surface area contributed by atoms with E-state index in [0.29, 0.717) is 25.1 Å². The van der Waals surface area contributed by atoms with Crippen LogP contribution in [0.2, 0.25) is 0 Å². The Hall–Kier alpha value is -1.88. The Bertz CT molecular complexity index is 515. The molecule has 0 bridgehead atoms. The number of benzene rings is 1. The summed E-state index contributed by atoms with van der Waals surface area (Å²) in [5.74, 6) is -0.468. The Labute approximate surface area is 124 Å². The molecule has 5 nitrogen and oxygen atoms in total. The van der Waals surface area contributed by atoms with Gasteiger partial charge < -0.3 is 14.4 Å². The lowest BCUT2D eigenvalue weighted by molar-refractivity contribution is -0.147. The number of hydrogen-bond donors (Lipinski definition) is 0. The van der Waals surface area contributed by atoms with Crippen LogP contribution >= 0.6 is 0 Å². The first-order chi connectivity index (χ1) is 10.2. The normalized spacial score (nSPS) is 18.4. The van der Waals surface area contributed by atoms with Crippen LogP contribution in [0.4, 0.5) is 0 Å². The molecule has 1 amide bonds. The molecule has 0 radical (unpaired) electrons. The van der Waals surface area contributed by atoms with Crippen molar-refractivity contribution in [2.45, 2.75) is 31.9 Å². The van der Waals surface area contributed by atoms with Gasteiger partial charge in [0.1, 0.15) is 6.04 Å². The highest BCUT2D eigenvalue weighted by Crippen LogP contribution is 2.22. The lowest BCUT2D eigenvalue weighted by Gasteiger charge is -2.34. The molecule has 5 heteroatoms. The van der Waals surface area contributed by atoms with Crippen LogP contribution in [0.3, 0.4) is 0 Å². The zero-order valence-electron chi connectivity index (χ0n) is 12.5. The Morgan fingerprint density at radius 3 is 2.71 bits per heavy atom. The van der Waals surface area contributed by atoms with Crippen molar-refractivity contribution in [2.24, 2.45) is 0 Å². The van der Waals surface area contributed by atoms with Crippen molar-refractivity contribution in [2.75, 3.05) is 20.8 Å². The van der Waals surface area contributed by atoms with Crippen LogP contribution < -0.4 is 0 Å². The summed E-state index contributed by atoms with van der Waals surface area (Å²) >= 11 is 0. The van der Waals surface area contributed by atoms with E-state index in [1.165, 1.54) is 7.11 Å². The molecule has 0 saturated carbocycles. The number of piperidine rings is 1. The fourth-order valence-corrected chi connectivity index (χ4v) is 2.72. The van der Waals surface area contributed by atoms with E-state index < -0.39 is 6.04 Å². The molecule has 1 atom stereocenters. The van der Waals surface area contributed by atoms with E-state index in [1.807, 2.05) is 18.2 Å². The average Bonchev–Trinajstić information content (AvgIpc) is 2.54. The second kappa shape index (κ2) is 7.22. The van der Waals surface area contributed by atoms with Crippen molar-refractivity contribution in [3.8, 4) is 0 Å². The number of ether oxygens (including phenoxy) is 2. The number of amides is 1. The summed E-state index contributed by atoms with van der Waals surface area (Å²) in [7, 11) is 2.96. The number of nitrogens with zero attached hydrogens (tertiary/aromatic N) is 1. The number of carbonyl (C=O) groups is 2. The molecule has 21 heavy (non-hydrogen) atoms. The Balaban J connectivity index is 2.27. The molecule has 1 aliphatic rings. The van der Waals surface area contributed by atoms with Gasteiger partial charge in [0.15, 0.2) is 0 Å². The first-order valence-electron chi connectivity index (χ1n) is 7.14. The fraction of sp³-hybridized carbons (Fsp3) is 0.500. The molecule has 2 rings (SSSR count). The summed E-state index contributed by atoms with van der Waals surface area (Å²) in [6, 6.07) is 6.86. The summed E-state index contributed by atoms with van der Waals surface area (Å²) in [5.41, 5.74) is 1.43.